The first-order valence-electron chi connectivity index (χ1n) is 13.1. The summed E-state index contributed by atoms with van der Waals surface area (Å²) in [5.74, 6) is 0.759. The van der Waals surface area contributed by atoms with E-state index in [4.69, 9.17) is 9.73 Å². The molecule has 9 nitrogen and oxygen atoms in total. The zero-order valence-electron chi connectivity index (χ0n) is 23.3. The van der Waals surface area contributed by atoms with Gasteiger partial charge in [0.2, 0.25) is 0 Å². The molecule has 0 unspecified atom stereocenters. The molecule has 1 aliphatic heterocycles. The third kappa shape index (κ3) is 9.37. The van der Waals surface area contributed by atoms with Gasteiger partial charge in [-0.05, 0) is 52.0 Å². The number of aliphatic imine (C=N–C) groups is 1. The maximum Gasteiger partial charge on any atom is 0.410 e. The predicted molar refractivity (Wildman–Crippen MR) is 163 cm³/mol. The topological polar surface area (TPSA) is 98.6 Å². The van der Waals surface area contributed by atoms with Crippen LogP contribution in [0.15, 0.2) is 87.5 Å². The molecule has 0 bridgehead atoms. The number of nitrogens with one attached hydrogen (secondary N) is 2. The third-order valence-electron chi connectivity index (χ3n) is 6.54. The number of likely N-dealkylation sites (N-methyl/N-ethyl adjacent to an activating group) is 1. The number of carbonyl (C=O) groups excluding carboxylic acids is 2. The minimum absolute atomic E-state index is 0.128. The first-order valence-corrected chi connectivity index (χ1v) is 13.9. The molecule has 1 heterocycles. The van der Waals surface area contributed by atoms with Crippen molar-refractivity contribution in [1.82, 2.24) is 20.5 Å². The summed E-state index contributed by atoms with van der Waals surface area (Å²) in [5, 5.41) is 12.1. The lowest BCUT2D eigenvalue weighted by atomic mass is 9.93. The molecule has 1 aliphatic rings. The highest BCUT2D eigenvalue weighted by atomic mass is 79.9. The lowest BCUT2D eigenvalue weighted by molar-refractivity contribution is 0.0843. The van der Waals surface area contributed by atoms with Crippen LogP contribution in [-0.4, -0.2) is 68.2 Å². The molecule has 40 heavy (non-hydrogen) atoms. The number of halogens is 1. The molecule has 2 amide bonds. The van der Waals surface area contributed by atoms with E-state index < -0.39 is 0 Å². The zero-order chi connectivity index (χ0) is 28.9. The van der Waals surface area contributed by atoms with E-state index in [-0.39, 0.29) is 24.5 Å². The van der Waals surface area contributed by atoms with E-state index in [2.05, 4.69) is 38.2 Å². The highest BCUT2D eigenvalue weighted by molar-refractivity contribution is 9.12. The summed E-state index contributed by atoms with van der Waals surface area (Å²) in [6.07, 6.45) is 4.92. The average molecular weight is 610 g/mol. The second-order valence-electron chi connectivity index (χ2n) is 9.32. The van der Waals surface area contributed by atoms with Crippen molar-refractivity contribution in [3.63, 3.8) is 0 Å². The maximum atomic E-state index is 12.6. The smallest absolute Gasteiger partial charge is 0.410 e. The molecule has 1 saturated heterocycles. The summed E-state index contributed by atoms with van der Waals surface area (Å²) in [7, 11) is 5.33. The normalized spacial score (nSPS) is 14.7. The molecule has 10 heteroatoms. The lowest BCUT2D eigenvalue weighted by Gasteiger charge is -2.32. The van der Waals surface area contributed by atoms with Gasteiger partial charge in [0.25, 0.3) is 5.91 Å². The minimum atomic E-state index is -0.286. The second-order valence-corrected chi connectivity index (χ2v) is 10.3. The molecule has 0 aromatic heterocycles. The summed E-state index contributed by atoms with van der Waals surface area (Å²) in [6, 6.07) is 17.0. The first kappa shape index (κ1) is 30.6. The monoisotopic (exact) mass is 608 g/mol. The van der Waals surface area contributed by atoms with Gasteiger partial charge in [0.1, 0.15) is 12.4 Å². The number of ether oxygens (including phenoxy) is 1. The number of nitrogens with zero attached hydrogens (tertiary/aromatic N) is 4. The van der Waals surface area contributed by atoms with E-state index in [9.17, 15) is 9.59 Å². The molecule has 0 spiro atoms. The number of rotatable bonds is 10. The van der Waals surface area contributed by atoms with Gasteiger partial charge in [0.05, 0.1) is 12.8 Å². The molecule has 1 fully saturated rings. The predicted octanol–water partition coefficient (Wildman–Crippen LogP) is 4.92. The van der Waals surface area contributed by atoms with Gasteiger partial charge in [0.15, 0.2) is 0 Å². The van der Waals surface area contributed by atoms with E-state index in [0.717, 1.165) is 29.7 Å². The fourth-order valence-electron chi connectivity index (χ4n) is 4.24. The van der Waals surface area contributed by atoms with E-state index in [1.165, 1.54) is 0 Å². The van der Waals surface area contributed by atoms with Crippen molar-refractivity contribution < 1.29 is 14.3 Å². The Labute approximate surface area is 244 Å². The quantitative estimate of drug-likeness (QED) is 0.226. The number of allylic oxidation sites excluding steroid dienone is 2. The third-order valence-corrected chi connectivity index (χ3v) is 6.75. The number of hydrogen-bond donors (Lipinski definition) is 2. The average Bonchev–Trinajstić information content (AvgIpc) is 2.99. The van der Waals surface area contributed by atoms with Crippen LogP contribution >= 0.6 is 15.9 Å². The van der Waals surface area contributed by atoms with E-state index in [0.29, 0.717) is 35.5 Å². The van der Waals surface area contributed by atoms with Gasteiger partial charge in [-0.15, -0.1) is 0 Å². The van der Waals surface area contributed by atoms with Crippen molar-refractivity contribution in [3.05, 3.63) is 94.1 Å². The first-order chi connectivity index (χ1) is 19.3. The van der Waals surface area contributed by atoms with Crippen LogP contribution < -0.4 is 10.6 Å². The minimum Gasteiger partial charge on any atom is -0.445 e. The Hall–Kier alpha value is -3.92. The number of carbonyl (C=O) groups is 2. The Morgan fingerprint density at radius 1 is 1.07 bits per heavy atom. The molecule has 0 atom stereocenters. The van der Waals surface area contributed by atoms with E-state index in [1.807, 2.05) is 62.6 Å². The van der Waals surface area contributed by atoms with Crippen LogP contribution in [0.2, 0.25) is 0 Å². The van der Waals surface area contributed by atoms with Crippen molar-refractivity contribution in [2.24, 2.45) is 16.0 Å². The molecule has 0 aliphatic carbocycles. The van der Waals surface area contributed by atoms with Crippen LogP contribution in [0.25, 0.3) is 0 Å². The molecular formula is C30H37BrN6O3. The highest BCUT2D eigenvalue weighted by Crippen LogP contribution is 2.24. The molecule has 0 radical (unpaired) electrons. The second kappa shape index (κ2) is 15.6. The van der Waals surface area contributed by atoms with Crippen LogP contribution in [0.5, 0.6) is 0 Å². The molecule has 3 rings (SSSR count). The zero-order valence-corrected chi connectivity index (χ0v) is 24.9. The Balaban J connectivity index is 1.69. The number of amidine groups is 1. The van der Waals surface area contributed by atoms with Crippen molar-refractivity contribution in [3.8, 4) is 0 Å². The molecular weight excluding hydrogens is 572 g/mol. The number of amides is 2. The number of hydrogen-bond acceptors (Lipinski definition) is 6. The summed E-state index contributed by atoms with van der Waals surface area (Å²) >= 11 is 3.31. The van der Waals surface area contributed by atoms with Crippen molar-refractivity contribution >= 4 is 40.0 Å². The summed E-state index contributed by atoms with van der Waals surface area (Å²) < 4.78 is 6.16. The maximum absolute atomic E-state index is 12.6. The van der Waals surface area contributed by atoms with Gasteiger partial charge in [-0.3, -0.25) is 14.8 Å². The fourth-order valence-corrected chi connectivity index (χ4v) is 4.34. The Morgan fingerprint density at radius 2 is 1.75 bits per heavy atom. The van der Waals surface area contributed by atoms with Crippen LogP contribution in [0, 0.1) is 5.92 Å². The van der Waals surface area contributed by atoms with Crippen LogP contribution in [0.4, 0.5) is 4.79 Å². The van der Waals surface area contributed by atoms with Gasteiger partial charge in [-0.25, -0.2) is 4.79 Å². The van der Waals surface area contributed by atoms with E-state index in [1.54, 1.807) is 35.3 Å². The molecule has 2 aromatic carbocycles. The Kier molecular flexibility index (Phi) is 12.0. The van der Waals surface area contributed by atoms with Crippen LogP contribution in [0.1, 0.15) is 34.3 Å². The van der Waals surface area contributed by atoms with Crippen LogP contribution in [0.3, 0.4) is 0 Å². The number of hydrazone groups is 1. The number of piperidine rings is 1. The van der Waals surface area contributed by atoms with Gasteiger partial charge >= 0.3 is 6.09 Å². The van der Waals surface area contributed by atoms with Crippen molar-refractivity contribution in [1.29, 1.82) is 0 Å². The molecule has 2 N–H and O–H groups in total. The summed E-state index contributed by atoms with van der Waals surface area (Å²) in [6.45, 7) is 5.71. The highest BCUT2D eigenvalue weighted by Gasteiger charge is 2.26. The largest absolute Gasteiger partial charge is 0.445 e. The van der Waals surface area contributed by atoms with E-state index >= 15 is 0 Å². The number of likely N-dealkylation sites (tertiary alicyclic amines) is 1. The van der Waals surface area contributed by atoms with Gasteiger partial charge in [-0.2, -0.15) is 5.10 Å². The number of benzene rings is 2. The summed E-state index contributed by atoms with van der Waals surface area (Å²) in [5.41, 5.74) is 3.55. The SMILES string of the molecule is C=C(Br)/C=N\N(C)C(C=C(NC)C1CCN(C(=O)OCc2ccccc2)CC1)=NCc1ccc(C(=O)NC)cc1. The fraction of sp³-hybridized carbons (Fsp3) is 0.333. The summed E-state index contributed by atoms with van der Waals surface area (Å²) in [4.78, 5) is 31.0. The Morgan fingerprint density at radius 3 is 2.35 bits per heavy atom. The van der Waals surface area contributed by atoms with Crippen molar-refractivity contribution in [2.45, 2.75) is 26.0 Å². The van der Waals surface area contributed by atoms with Gasteiger partial charge < -0.3 is 20.3 Å². The molecule has 212 valence electrons. The lowest BCUT2D eigenvalue weighted by Crippen LogP contribution is -2.40. The molecule has 2 aromatic rings. The van der Waals surface area contributed by atoms with Crippen LogP contribution in [-0.2, 0) is 17.9 Å². The van der Waals surface area contributed by atoms with Gasteiger partial charge in [-0.1, -0.05) is 49.0 Å². The van der Waals surface area contributed by atoms with Crippen molar-refractivity contribution in [2.75, 3.05) is 34.2 Å². The Bertz CT molecular complexity index is 1240. The standard InChI is InChI=1S/C30H37BrN6O3/c1-22(31)19-35-36(4)28(34-20-23-10-12-26(13-11-23)29(38)33-3)18-27(32-2)25-14-16-37(17-15-25)30(39)40-21-24-8-6-5-7-9-24/h5-13,18-19,25,32H,1,14-17,20-21H2,2-4H3,(H,33,38)/b27-18?,34-28?,35-19-. The van der Waals surface area contributed by atoms with Gasteiger partial charge in [0, 0.05) is 62.0 Å². The molecule has 0 saturated carbocycles.